The van der Waals surface area contributed by atoms with E-state index >= 15 is 0 Å². The van der Waals surface area contributed by atoms with Crippen molar-refractivity contribution >= 4 is 11.4 Å². The number of nitrogens with one attached hydrogen (secondary N) is 1. The average molecular weight is 465 g/mol. The van der Waals surface area contributed by atoms with Gasteiger partial charge in [-0.3, -0.25) is 14.6 Å². The van der Waals surface area contributed by atoms with Crippen LogP contribution in [0.1, 0.15) is 35.9 Å². The minimum absolute atomic E-state index is 0.0996. The first-order chi connectivity index (χ1) is 17.0. The highest BCUT2D eigenvalue weighted by molar-refractivity contribution is 5.98. The van der Waals surface area contributed by atoms with E-state index in [2.05, 4.69) is 15.4 Å². The molecule has 0 bridgehead atoms. The minimum Gasteiger partial charge on any atom is -0.346 e. The Kier molecular flexibility index (Phi) is 5.93. The number of benzene rings is 1. The maximum atomic E-state index is 12.9. The van der Waals surface area contributed by atoms with Crippen molar-refractivity contribution in [3.8, 4) is 22.5 Å². The molecule has 1 N–H and O–H groups in total. The minimum atomic E-state index is -0.216. The second-order valence-corrected chi connectivity index (χ2v) is 8.43. The number of carbonyl (C=O) groups excluding carboxylic acids is 1. The van der Waals surface area contributed by atoms with Crippen molar-refractivity contribution in [1.82, 2.24) is 29.7 Å². The van der Waals surface area contributed by atoms with Gasteiger partial charge < -0.3 is 5.32 Å². The summed E-state index contributed by atoms with van der Waals surface area (Å²) < 4.78 is 3.19. The van der Waals surface area contributed by atoms with Crippen molar-refractivity contribution in [2.45, 2.75) is 26.4 Å². The standard InChI is InChI=1S/C27H24N6O2/c1-18(2)33-24(34)12-11-22(30-33)25-23-16-20(27(35)29-17-21-10-6-7-14-28-21)13-15-32(23)31-26(25)19-8-4-3-5-9-19/h3-16,18H,17H2,1-2H3,(H,29,35). The molecule has 5 aromatic rings. The number of fused-ring (bicyclic) bond motifs is 1. The molecule has 1 amide bonds. The van der Waals surface area contributed by atoms with Crippen molar-refractivity contribution in [2.75, 3.05) is 0 Å². The lowest BCUT2D eigenvalue weighted by atomic mass is 10.0. The maximum Gasteiger partial charge on any atom is 0.267 e. The highest BCUT2D eigenvalue weighted by Crippen LogP contribution is 2.34. The van der Waals surface area contributed by atoms with Crippen LogP contribution in [0.4, 0.5) is 0 Å². The molecule has 0 atom stereocenters. The Labute approximate surface area is 201 Å². The normalized spacial score (nSPS) is 11.2. The fourth-order valence-corrected chi connectivity index (χ4v) is 3.94. The van der Waals surface area contributed by atoms with Crippen molar-refractivity contribution in [1.29, 1.82) is 0 Å². The van der Waals surface area contributed by atoms with E-state index in [1.807, 2.05) is 62.4 Å². The number of rotatable bonds is 6. The molecule has 0 fully saturated rings. The number of hydrogen-bond acceptors (Lipinski definition) is 5. The third-order valence-corrected chi connectivity index (χ3v) is 5.67. The van der Waals surface area contributed by atoms with Crippen molar-refractivity contribution in [2.24, 2.45) is 0 Å². The van der Waals surface area contributed by atoms with Crippen molar-refractivity contribution in [3.05, 3.63) is 107 Å². The molecule has 0 saturated carbocycles. The zero-order chi connectivity index (χ0) is 24.4. The number of amides is 1. The predicted octanol–water partition coefficient (Wildman–Crippen LogP) is 4.13. The van der Waals surface area contributed by atoms with Crippen molar-refractivity contribution < 1.29 is 4.79 Å². The van der Waals surface area contributed by atoms with Crippen LogP contribution in [0, 0.1) is 0 Å². The molecular weight excluding hydrogens is 440 g/mol. The molecule has 0 unspecified atom stereocenters. The topological polar surface area (TPSA) is 94.2 Å². The summed E-state index contributed by atoms with van der Waals surface area (Å²) in [5.74, 6) is -0.216. The van der Waals surface area contributed by atoms with Crippen LogP contribution in [-0.4, -0.2) is 30.3 Å². The SMILES string of the molecule is CC(C)n1nc(-c2c(-c3ccccc3)nn3ccc(C(=O)NCc4ccccn4)cc23)ccc1=O. The Morgan fingerprint density at radius 1 is 0.971 bits per heavy atom. The quantitative estimate of drug-likeness (QED) is 0.408. The number of carbonyl (C=O) groups is 1. The van der Waals surface area contributed by atoms with E-state index < -0.39 is 0 Å². The third kappa shape index (κ3) is 4.46. The number of pyridine rings is 2. The Hall–Kier alpha value is -4.59. The van der Waals surface area contributed by atoms with Crippen LogP contribution in [0.25, 0.3) is 28.0 Å². The summed E-state index contributed by atoms with van der Waals surface area (Å²) in [6.45, 7) is 4.15. The Morgan fingerprint density at radius 3 is 2.51 bits per heavy atom. The van der Waals surface area contributed by atoms with Crippen molar-refractivity contribution in [3.63, 3.8) is 0 Å². The first kappa shape index (κ1) is 22.2. The van der Waals surface area contributed by atoms with Gasteiger partial charge in [-0.2, -0.15) is 10.2 Å². The summed E-state index contributed by atoms with van der Waals surface area (Å²) in [5, 5.41) is 12.4. The lowest BCUT2D eigenvalue weighted by Crippen LogP contribution is -2.24. The Morgan fingerprint density at radius 2 is 1.77 bits per heavy atom. The molecule has 4 heterocycles. The molecular formula is C27H24N6O2. The molecule has 174 valence electrons. The van der Waals surface area contributed by atoms with E-state index in [-0.39, 0.29) is 17.5 Å². The van der Waals surface area contributed by atoms with Crippen LogP contribution in [0.15, 0.2) is 90.0 Å². The van der Waals surface area contributed by atoms with Gasteiger partial charge in [-0.15, -0.1) is 0 Å². The van der Waals surface area contributed by atoms with Gasteiger partial charge in [-0.05, 0) is 44.2 Å². The summed E-state index contributed by atoms with van der Waals surface area (Å²) in [5.41, 5.74) is 4.81. The summed E-state index contributed by atoms with van der Waals surface area (Å²) >= 11 is 0. The van der Waals surface area contributed by atoms with E-state index in [9.17, 15) is 9.59 Å². The van der Waals surface area contributed by atoms with Gasteiger partial charge in [0.2, 0.25) is 0 Å². The molecule has 0 saturated heterocycles. The van der Waals surface area contributed by atoms with E-state index in [0.717, 1.165) is 28.0 Å². The zero-order valence-corrected chi connectivity index (χ0v) is 19.4. The lowest BCUT2D eigenvalue weighted by Gasteiger charge is -2.11. The highest BCUT2D eigenvalue weighted by Gasteiger charge is 2.20. The summed E-state index contributed by atoms with van der Waals surface area (Å²) in [6, 6.07) is 22.0. The second-order valence-electron chi connectivity index (χ2n) is 8.43. The molecule has 5 rings (SSSR count). The fourth-order valence-electron chi connectivity index (χ4n) is 3.94. The summed E-state index contributed by atoms with van der Waals surface area (Å²) in [4.78, 5) is 29.5. The highest BCUT2D eigenvalue weighted by atomic mass is 16.1. The molecule has 35 heavy (non-hydrogen) atoms. The van der Waals surface area contributed by atoms with Crippen LogP contribution in [0.3, 0.4) is 0 Å². The molecule has 0 aliphatic carbocycles. The number of aromatic nitrogens is 5. The first-order valence-corrected chi connectivity index (χ1v) is 11.4. The zero-order valence-electron chi connectivity index (χ0n) is 19.4. The molecule has 8 nitrogen and oxygen atoms in total. The lowest BCUT2D eigenvalue weighted by molar-refractivity contribution is 0.0950. The molecule has 8 heteroatoms. The summed E-state index contributed by atoms with van der Waals surface area (Å²) in [7, 11) is 0. The molecule has 0 aliphatic heterocycles. The van der Waals surface area contributed by atoms with Crippen LogP contribution >= 0.6 is 0 Å². The molecule has 4 aromatic heterocycles. The number of hydrogen-bond donors (Lipinski definition) is 1. The van der Waals surface area contributed by atoms with Crippen LogP contribution < -0.4 is 10.9 Å². The van der Waals surface area contributed by atoms with Gasteiger partial charge in [0.1, 0.15) is 5.69 Å². The van der Waals surface area contributed by atoms with E-state index in [1.54, 1.807) is 35.1 Å². The largest absolute Gasteiger partial charge is 0.346 e. The smallest absolute Gasteiger partial charge is 0.267 e. The van der Waals surface area contributed by atoms with Gasteiger partial charge in [-0.1, -0.05) is 36.4 Å². The number of nitrogens with zero attached hydrogens (tertiary/aromatic N) is 5. The monoisotopic (exact) mass is 464 g/mol. The predicted molar refractivity (Wildman–Crippen MR) is 134 cm³/mol. The Bertz CT molecular complexity index is 1560. The summed E-state index contributed by atoms with van der Waals surface area (Å²) in [6.07, 6.45) is 3.46. The Balaban J connectivity index is 1.62. The van der Waals surface area contributed by atoms with Gasteiger partial charge in [0, 0.05) is 29.6 Å². The van der Waals surface area contributed by atoms with Gasteiger partial charge >= 0.3 is 0 Å². The first-order valence-electron chi connectivity index (χ1n) is 11.4. The molecule has 0 radical (unpaired) electrons. The third-order valence-electron chi connectivity index (χ3n) is 5.67. The van der Waals surface area contributed by atoms with Gasteiger partial charge in [0.15, 0.2) is 0 Å². The van der Waals surface area contributed by atoms with Gasteiger partial charge in [-0.25, -0.2) is 9.20 Å². The van der Waals surface area contributed by atoms with Crippen LogP contribution in [-0.2, 0) is 6.54 Å². The fraction of sp³-hybridized carbons (Fsp3) is 0.148. The van der Waals surface area contributed by atoms with Crippen LogP contribution in [0.2, 0.25) is 0 Å². The second kappa shape index (κ2) is 9.34. The van der Waals surface area contributed by atoms with Crippen LogP contribution in [0.5, 0.6) is 0 Å². The van der Waals surface area contributed by atoms with E-state index in [1.165, 1.54) is 10.7 Å². The molecule has 1 aromatic carbocycles. The molecule has 0 spiro atoms. The van der Waals surface area contributed by atoms with Gasteiger partial charge in [0.05, 0.1) is 35.1 Å². The maximum absolute atomic E-state index is 12.9. The van der Waals surface area contributed by atoms with Gasteiger partial charge in [0.25, 0.3) is 11.5 Å². The van der Waals surface area contributed by atoms with E-state index in [0.29, 0.717) is 17.8 Å². The molecule has 0 aliphatic rings. The average Bonchev–Trinajstić information content (AvgIpc) is 3.27. The van der Waals surface area contributed by atoms with E-state index in [4.69, 9.17) is 5.10 Å².